The molecule has 1 unspecified atom stereocenters. The number of nitrogens with zero attached hydrogens (tertiary/aromatic N) is 2. The number of hydrogen-bond donors (Lipinski definition) is 1. The minimum absolute atomic E-state index is 0.0354. The first-order valence-electron chi connectivity index (χ1n) is 11.2. The van der Waals surface area contributed by atoms with Crippen molar-refractivity contribution in [2.45, 2.75) is 59.7 Å². The van der Waals surface area contributed by atoms with Gasteiger partial charge in [0.05, 0.1) is 11.9 Å². The van der Waals surface area contributed by atoms with Crippen LogP contribution in [-0.2, 0) is 26.2 Å². The summed E-state index contributed by atoms with van der Waals surface area (Å²) in [6.45, 7) is 8.78. The molecule has 2 rings (SSSR count). The molecule has 0 bridgehead atoms. The normalized spacial score (nSPS) is 12.4. The van der Waals surface area contributed by atoms with Gasteiger partial charge in [-0.2, -0.15) is 0 Å². The van der Waals surface area contributed by atoms with Gasteiger partial charge in [0.1, 0.15) is 18.4 Å². The Morgan fingerprint density at radius 3 is 2.15 bits per heavy atom. The third-order valence-electron chi connectivity index (χ3n) is 5.54. The zero-order valence-electron chi connectivity index (χ0n) is 20.6. The molecule has 2 aromatic carbocycles. The minimum Gasteiger partial charge on any atom is -0.352 e. The van der Waals surface area contributed by atoms with Gasteiger partial charge < -0.3 is 10.2 Å². The lowest BCUT2D eigenvalue weighted by Gasteiger charge is -2.33. The van der Waals surface area contributed by atoms with Crippen molar-refractivity contribution in [3.05, 3.63) is 65.0 Å². The highest BCUT2D eigenvalue weighted by Gasteiger charge is 2.32. The molecular weight excluding hydrogens is 457 g/mol. The number of rotatable bonds is 10. The fourth-order valence-corrected chi connectivity index (χ4v) is 4.42. The van der Waals surface area contributed by atoms with Crippen molar-refractivity contribution in [3.8, 4) is 0 Å². The summed E-state index contributed by atoms with van der Waals surface area (Å²) >= 11 is 0. The molecule has 0 aliphatic carbocycles. The summed E-state index contributed by atoms with van der Waals surface area (Å²) in [6, 6.07) is 9.87. The number of aryl methyl sites for hydroxylation is 2. The van der Waals surface area contributed by atoms with Crippen LogP contribution in [0.1, 0.15) is 43.9 Å². The summed E-state index contributed by atoms with van der Waals surface area (Å²) in [5.74, 6) is -1.27. The molecule has 0 spiro atoms. The first-order chi connectivity index (χ1) is 15.8. The lowest BCUT2D eigenvalue weighted by atomic mass is 10.1. The molecule has 0 aliphatic heterocycles. The zero-order valence-corrected chi connectivity index (χ0v) is 21.4. The molecule has 0 saturated heterocycles. The van der Waals surface area contributed by atoms with Crippen LogP contribution in [0.15, 0.2) is 42.5 Å². The van der Waals surface area contributed by atoms with Crippen LogP contribution < -0.4 is 9.62 Å². The largest absolute Gasteiger partial charge is 0.352 e. The van der Waals surface area contributed by atoms with Crippen molar-refractivity contribution in [3.63, 3.8) is 0 Å². The molecule has 0 fully saturated rings. The van der Waals surface area contributed by atoms with E-state index in [0.717, 1.165) is 21.7 Å². The summed E-state index contributed by atoms with van der Waals surface area (Å²) in [7, 11) is -3.79. The van der Waals surface area contributed by atoms with Crippen LogP contribution >= 0.6 is 0 Å². The highest BCUT2D eigenvalue weighted by Crippen LogP contribution is 2.22. The average molecular weight is 492 g/mol. The summed E-state index contributed by atoms with van der Waals surface area (Å²) in [5.41, 5.74) is 2.89. The van der Waals surface area contributed by atoms with E-state index in [4.69, 9.17) is 0 Å². The number of halogens is 1. The van der Waals surface area contributed by atoms with Gasteiger partial charge in [-0.15, -0.1) is 0 Å². The fraction of sp³-hybridized carbons (Fsp3) is 0.440. The van der Waals surface area contributed by atoms with E-state index in [-0.39, 0.29) is 18.5 Å². The van der Waals surface area contributed by atoms with E-state index in [1.807, 2.05) is 27.7 Å². The van der Waals surface area contributed by atoms with Crippen LogP contribution in [0.25, 0.3) is 0 Å². The van der Waals surface area contributed by atoms with Gasteiger partial charge in [0.2, 0.25) is 21.8 Å². The molecule has 0 radical (unpaired) electrons. The van der Waals surface area contributed by atoms with Gasteiger partial charge in [-0.05, 0) is 75.1 Å². The van der Waals surface area contributed by atoms with E-state index in [1.165, 1.54) is 17.0 Å². The molecular formula is C25H34FN3O4S. The van der Waals surface area contributed by atoms with E-state index >= 15 is 0 Å². The maximum atomic E-state index is 13.6. The molecule has 2 aromatic rings. The Morgan fingerprint density at radius 2 is 1.65 bits per heavy atom. The van der Waals surface area contributed by atoms with E-state index in [2.05, 4.69) is 5.32 Å². The highest BCUT2D eigenvalue weighted by atomic mass is 32.2. The molecule has 7 nitrogen and oxygen atoms in total. The van der Waals surface area contributed by atoms with Crippen LogP contribution in [-0.4, -0.2) is 50.0 Å². The predicted octanol–water partition coefficient (Wildman–Crippen LogP) is 3.54. The van der Waals surface area contributed by atoms with Crippen molar-refractivity contribution in [2.24, 2.45) is 0 Å². The molecule has 186 valence electrons. The van der Waals surface area contributed by atoms with Crippen LogP contribution in [0.2, 0.25) is 0 Å². The molecule has 34 heavy (non-hydrogen) atoms. The number of carbonyl (C=O) groups is 2. The fourth-order valence-electron chi connectivity index (χ4n) is 3.58. The van der Waals surface area contributed by atoms with Crippen LogP contribution in [0.5, 0.6) is 0 Å². The van der Waals surface area contributed by atoms with Crippen molar-refractivity contribution < 1.29 is 22.4 Å². The second kappa shape index (κ2) is 11.5. The number of nitrogens with one attached hydrogen (secondary N) is 1. The van der Waals surface area contributed by atoms with Gasteiger partial charge in [0.15, 0.2) is 0 Å². The molecule has 0 saturated carbocycles. The molecule has 2 amide bonds. The number of sulfonamides is 1. The molecule has 0 aromatic heterocycles. The highest BCUT2D eigenvalue weighted by molar-refractivity contribution is 7.92. The van der Waals surface area contributed by atoms with E-state index < -0.39 is 34.3 Å². The van der Waals surface area contributed by atoms with Gasteiger partial charge in [-0.25, -0.2) is 12.8 Å². The Balaban J connectivity index is 2.45. The smallest absolute Gasteiger partial charge is 0.244 e. The van der Waals surface area contributed by atoms with Crippen LogP contribution in [0.4, 0.5) is 10.1 Å². The van der Waals surface area contributed by atoms with Gasteiger partial charge in [-0.3, -0.25) is 13.9 Å². The maximum Gasteiger partial charge on any atom is 0.244 e. The monoisotopic (exact) mass is 491 g/mol. The summed E-state index contributed by atoms with van der Waals surface area (Å²) in [4.78, 5) is 27.8. The van der Waals surface area contributed by atoms with Crippen molar-refractivity contribution in [1.82, 2.24) is 10.2 Å². The lowest BCUT2D eigenvalue weighted by Crippen LogP contribution is -2.53. The average Bonchev–Trinajstić information content (AvgIpc) is 2.74. The second-order valence-corrected chi connectivity index (χ2v) is 10.7. The standard InChI is InChI=1S/C25H34FN3O4S/c1-7-23(25(31)27-17(2)3)28(15-20-9-11-21(26)12-10-20)24(30)16-29(34(6,32)33)22-13-8-18(4)19(5)14-22/h8-14,17,23H,7,15-16H2,1-6H3,(H,27,31). The number of anilines is 1. The zero-order chi connectivity index (χ0) is 25.6. The summed E-state index contributed by atoms with van der Waals surface area (Å²) in [5, 5.41) is 2.83. The second-order valence-electron chi connectivity index (χ2n) is 8.77. The lowest BCUT2D eigenvalue weighted by molar-refractivity contribution is -0.140. The van der Waals surface area contributed by atoms with Gasteiger partial charge in [-0.1, -0.05) is 25.1 Å². The summed E-state index contributed by atoms with van der Waals surface area (Å²) in [6.07, 6.45) is 1.37. The molecule has 0 aliphatic rings. The topological polar surface area (TPSA) is 86.8 Å². The number of hydrogen-bond acceptors (Lipinski definition) is 4. The third kappa shape index (κ3) is 7.28. The van der Waals surface area contributed by atoms with Crippen LogP contribution in [0, 0.1) is 19.7 Å². The number of benzene rings is 2. The van der Waals surface area contributed by atoms with Crippen molar-refractivity contribution >= 4 is 27.5 Å². The summed E-state index contributed by atoms with van der Waals surface area (Å²) < 4.78 is 39.7. The Bertz CT molecular complexity index is 1120. The first kappa shape index (κ1) is 27.3. The molecule has 9 heteroatoms. The SMILES string of the molecule is CCC(C(=O)NC(C)C)N(Cc1ccc(F)cc1)C(=O)CN(c1ccc(C)c(C)c1)S(C)(=O)=O. The number of carbonyl (C=O) groups excluding carboxylic acids is 2. The van der Waals surface area contributed by atoms with E-state index in [9.17, 15) is 22.4 Å². The molecule has 1 atom stereocenters. The van der Waals surface area contributed by atoms with Crippen LogP contribution in [0.3, 0.4) is 0 Å². The van der Waals surface area contributed by atoms with E-state index in [0.29, 0.717) is 17.7 Å². The third-order valence-corrected chi connectivity index (χ3v) is 6.68. The van der Waals surface area contributed by atoms with Gasteiger partial charge >= 0.3 is 0 Å². The quantitative estimate of drug-likeness (QED) is 0.551. The van der Waals surface area contributed by atoms with Crippen molar-refractivity contribution in [1.29, 1.82) is 0 Å². The Hall–Kier alpha value is -2.94. The van der Waals surface area contributed by atoms with Crippen molar-refractivity contribution in [2.75, 3.05) is 17.1 Å². The van der Waals surface area contributed by atoms with Gasteiger partial charge in [0.25, 0.3) is 0 Å². The van der Waals surface area contributed by atoms with Gasteiger partial charge in [0, 0.05) is 12.6 Å². The Morgan fingerprint density at radius 1 is 1.03 bits per heavy atom. The minimum atomic E-state index is -3.79. The predicted molar refractivity (Wildman–Crippen MR) is 132 cm³/mol. The molecule has 0 heterocycles. The maximum absolute atomic E-state index is 13.6. The first-order valence-corrected chi connectivity index (χ1v) is 13.1. The Kier molecular flexibility index (Phi) is 9.21. The molecule has 1 N–H and O–H groups in total. The Labute approximate surface area is 202 Å². The number of amides is 2. The van der Waals surface area contributed by atoms with E-state index in [1.54, 1.807) is 37.3 Å².